The van der Waals surface area contributed by atoms with Gasteiger partial charge in [0.25, 0.3) is 0 Å². The second kappa shape index (κ2) is 4.14. The molecule has 4 heteroatoms. The second-order valence-corrected chi connectivity index (χ2v) is 4.42. The Morgan fingerprint density at radius 2 is 2.11 bits per heavy atom. The van der Waals surface area contributed by atoms with E-state index in [9.17, 15) is 4.79 Å². The number of fused-ring (bicyclic) bond motifs is 1. The molecule has 90 valence electrons. The third-order valence-corrected chi connectivity index (χ3v) is 3.22. The van der Waals surface area contributed by atoms with Gasteiger partial charge in [-0.05, 0) is 29.7 Å². The van der Waals surface area contributed by atoms with Crippen LogP contribution in [0.1, 0.15) is 17.0 Å². The molecule has 1 amide bonds. The van der Waals surface area contributed by atoms with E-state index in [4.69, 9.17) is 5.73 Å². The lowest BCUT2D eigenvalue weighted by Crippen LogP contribution is -2.30. The van der Waals surface area contributed by atoms with E-state index in [1.54, 1.807) is 18.3 Å². The molecule has 1 aliphatic carbocycles. The monoisotopic (exact) mass is 239 g/mol. The predicted octanol–water partition coefficient (Wildman–Crippen LogP) is 1.94. The third-order valence-electron chi connectivity index (χ3n) is 3.22. The zero-order valence-corrected chi connectivity index (χ0v) is 9.76. The number of benzene rings is 1. The first kappa shape index (κ1) is 10.8. The summed E-state index contributed by atoms with van der Waals surface area (Å²) in [6.07, 6.45) is 2.38. The van der Waals surface area contributed by atoms with Crippen molar-refractivity contribution in [3.63, 3.8) is 0 Å². The molecular formula is C14H13N3O. The van der Waals surface area contributed by atoms with Gasteiger partial charge in [-0.25, -0.2) is 4.98 Å². The van der Waals surface area contributed by atoms with Gasteiger partial charge in [0.2, 0.25) is 5.91 Å². The number of hydrogen-bond acceptors (Lipinski definition) is 3. The van der Waals surface area contributed by atoms with Crippen LogP contribution in [0.25, 0.3) is 0 Å². The van der Waals surface area contributed by atoms with Crippen molar-refractivity contribution in [3.8, 4) is 0 Å². The second-order valence-electron chi connectivity index (χ2n) is 4.42. The first-order valence-corrected chi connectivity index (χ1v) is 5.84. The molecule has 1 unspecified atom stereocenters. The lowest BCUT2D eigenvalue weighted by Gasteiger charge is -2.28. The number of aromatic nitrogens is 1. The predicted molar refractivity (Wildman–Crippen MR) is 70.2 cm³/mol. The van der Waals surface area contributed by atoms with Crippen molar-refractivity contribution in [1.29, 1.82) is 0 Å². The van der Waals surface area contributed by atoms with Crippen LogP contribution in [0.15, 0.2) is 42.6 Å². The molecule has 0 fully saturated rings. The zero-order valence-electron chi connectivity index (χ0n) is 9.76. The van der Waals surface area contributed by atoms with Gasteiger partial charge in [0.15, 0.2) is 0 Å². The molecule has 1 atom stereocenters. The normalized spacial score (nSPS) is 16.6. The highest BCUT2D eigenvalue weighted by molar-refractivity contribution is 5.97. The fourth-order valence-electron chi connectivity index (χ4n) is 2.20. The van der Waals surface area contributed by atoms with Crippen molar-refractivity contribution < 1.29 is 4.79 Å². The topological polar surface area (TPSA) is 68.0 Å². The molecule has 2 aromatic rings. The molecule has 1 aliphatic rings. The van der Waals surface area contributed by atoms with Crippen LogP contribution >= 0.6 is 0 Å². The van der Waals surface area contributed by atoms with Gasteiger partial charge >= 0.3 is 0 Å². The smallest absolute Gasteiger partial charge is 0.232 e. The number of hydrogen-bond donors (Lipinski definition) is 2. The Hall–Kier alpha value is -2.36. The quantitative estimate of drug-likeness (QED) is 0.841. The number of pyridine rings is 1. The minimum Gasteiger partial charge on any atom is -0.384 e. The summed E-state index contributed by atoms with van der Waals surface area (Å²) in [6.45, 7) is 0. The number of nitrogens with zero attached hydrogens (tertiary/aromatic N) is 1. The van der Waals surface area contributed by atoms with Gasteiger partial charge in [0.1, 0.15) is 5.82 Å². The summed E-state index contributed by atoms with van der Waals surface area (Å²) in [5.74, 6) is 0.418. The zero-order chi connectivity index (χ0) is 12.5. The van der Waals surface area contributed by atoms with Gasteiger partial charge in [-0.3, -0.25) is 4.79 Å². The lowest BCUT2D eigenvalue weighted by atomic mass is 9.77. The number of anilines is 2. The van der Waals surface area contributed by atoms with Crippen LogP contribution < -0.4 is 11.1 Å². The average molecular weight is 239 g/mol. The van der Waals surface area contributed by atoms with Crippen LogP contribution in [0, 0.1) is 0 Å². The summed E-state index contributed by atoms with van der Waals surface area (Å²) in [7, 11) is 0. The van der Waals surface area contributed by atoms with Crippen LogP contribution in [0.2, 0.25) is 0 Å². The van der Waals surface area contributed by atoms with Gasteiger partial charge < -0.3 is 11.1 Å². The van der Waals surface area contributed by atoms with E-state index in [0.717, 1.165) is 12.0 Å². The molecule has 0 bridgehead atoms. The molecule has 0 saturated heterocycles. The number of rotatable bonds is 2. The molecule has 0 radical (unpaired) electrons. The van der Waals surface area contributed by atoms with Gasteiger partial charge in [-0.15, -0.1) is 0 Å². The first-order valence-electron chi connectivity index (χ1n) is 5.84. The van der Waals surface area contributed by atoms with Crippen molar-refractivity contribution >= 4 is 17.4 Å². The highest BCUT2D eigenvalue weighted by Crippen LogP contribution is 2.35. The van der Waals surface area contributed by atoms with E-state index in [1.165, 1.54) is 5.56 Å². The molecular weight excluding hydrogens is 226 g/mol. The van der Waals surface area contributed by atoms with E-state index in [-0.39, 0.29) is 11.8 Å². The molecule has 0 spiro atoms. The number of nitrogens with one attached hydrogen (secondary N) is 1. The summed E-state index contributed by atoms with van der Waals surface area (Å²) in [4.78, 5) is 16.0. The van der Waals surface area contributed by atoms with E-state index < -0.39 is 0 Å². The molecule has 1 aromatic carbocycles. The minimum atomic E-state index is -0.0428. The molecule has 1 aromatic heterocycles. The van der Waals surface area contributed by atoms with Crippen LogP contribution in [-0.4, -0.2) is 10.9 Å². The number of nitrogens with two attached hydrogens (primary N) is 1. The highest BCUT2D eigenvalue weighted by Gasteiger charge is 2.31. The summed E-state index contributed by atoms with van der Waals surface area (Å²) >= 11 is 0. The van der Waals surface area contributed by atoms with Crippen molar-refractivity contribution in [2.45, 2.75) is 12.3 Å². The Balaban J connectivity index is 1.72. The third kappa shape index (κ3) is 1.82. The maximum absolute atomic E-state index is 12.1. The fraction of sp³-hybridized carbons (Fsp3) is 0.143. The number of nitrogen functional groups attached to an aromatic ring is 1. The van der Waals surface area contributed by atoms with Gasteiger partial charge in [0.05, 0.1) is 17.8 Å². The van der Waals surface area contributed by atoms with E-state index in [0.29, 0.717) is 11.5 Å². The van der Waals surface area contributed by atoms with Crippen LogP contribution in [0.4, 0.5) is 11.5 Å². The van der Waals surface area contributed by atoms with Crippen molar-refractivity contribution in [1.82, 2.24) is 4.98 Å². The molecule has 0 aliphatic heterocycles. The Morgan fingerprint density at radius 1 is 1.28 bits per heavy atom. The van der Waals surface area contributed by atoms with Gasteiger partial charge in [-0.1, -0.05) is 24.3 Å². The van der Waals surface area contributed by atoms with Crippen LogP contribution in [-0.2, 0) is 11.2 Å². The summed E-state index contributed by atoms with van der Waals surface area (Å²) in [6, 6.07) is 11.4. The first-order chi connectivity index (χ1) is 8.74. The summed E-state index contributed by atoms with van der Waals surface area (Å²) in [5.41, 5.74) is 8.55. The van der Waals surface area contributed by atoms with Gasteiger partial charge in [-0.2, -0.15) is 0 Å². The Kier molecular flexibility index (Phi) is 2.48. The minimum absolute atomic E-state index is 0.0141. The largest absolute Gasteiger partial charge is 0.384 e. The standard InChI is InChI=1S/C14H13N3O/c15-13-6-5-10(8-16-13)17-14(18)12-7-9-3-1-2-4-11(9)12/h1-6,8,12H,7H2,(H2,15,16)(H,17,18). The lowest BCUT2D eigenvalue weighted by molar-refractivity contribution is -0.118. The summed E-state index contributed by atoms with van der Waals surface area (Å²) < 4.78 is 0. The van der Waals surface area contributed by atoms with Crippen molar-refractivity contribution in [3.05, 3.63) is 53.7 Å². The average Bonchev–Trinajstić information content (AvgIpc) is 2.34. The number of carbonyl (C=O) groups excluding carboxylic acids is 1. The summed E-state index contributed by atoms with van der Waals surface area (Å²) in [5, 5.41) is 2.85. The van der Waals surface area contributed by atoms with Crippen molar-refractivity contribution in [2.24, 2.45) is 0 Å². The maximum atomic E-state index is 12.1. The Labute approximate surface area is 105 Å². The number of amides is 1. The van der Waals surface area contributed by atoms with E-state index >= 15 is 0 Å². The Morgan fingerprint density at radius 3 is 2.83 bits per heavy atom. The van der Waals surface area contributed by atoms with E-state index in [1.807, 2.05) is 18.2 Å². The molecule has 0 saturated carbocycles. The van der Waals surface area contributed by atoms with Crippen LogP contribution in [0.3, 0.4) is 0 Å². The van der Waals surface area contributed by atoms with Crippen molar-refractivity contribution in [2.75, 3.05) is 11.1 Å². The maximum Gasteiger partial charge on any atom is 0.232 e. The van der Waals surface area contributed by atoms with E-state index in [2.05, 4.69) is 16.4 Å². The molecule has 18 heavy (non-hydrogen) atoms. The molecule has 1 heterocycles. The number of carbonyl (C=O) groups is 1. The van der Waals surface area contributed by atoms with Crippen LogP contribution in [0.5, 0.6) is 0 Å². The molecule has 4 nitrogen and oxygen atoms in total. The molecule has 3 N–H and O–H groups in total. The van der Waals surface area contributed by atoms with Gasteiger partial charge in [0, 0.05) is 0 Å². The Bertz CT molecular complexity index is 592. The molecule has 3 rings (SSSR count). The SMILES string of the molecule is Nc1ccc(NC(=O)C2Cc3ccccc32)cn1. The fourth-order valence-corrected chi connectivity index (χ4v) is 2.20. The highest BCUT2D eigenvalue weighted by atomic mass is 16.1.